The number of nitrogens with one attached hydrogen (secondary N) is 1. The lowest BCUT2D eigenvalue weighted by Crippen LogP contribution is -2.41. The Kier molecular flexibility index (Phi) is 6.08. The van der Waals surface area contributed by atoms with E-state index in [4.69, 9.17) is 9.92 Å². The number of hydrogen-bond acceptors (Lipinski definition) is 7. The fourth-order valence-corrected chi connectivity index (χ4v) is 4.47. The minimum absolute atomic E-state index is 0.0597. The molecule has 1 aliphatic rings. The van der Waals surface area contributed by atoms with Gasteiger partial charge in [-0.15, -0.1) is 0 Å². The highest BCUT2D eigenvalue weighted by atomic mass is 32.2. The van der Waals surface area contributed by atoms with E-state index in [0.29, 0.717) is 16.8 Å². The lowest BCUT2D eigenvalue weighted by molar-refractivity contribution is -0.129. The molecule has 3 aromatic rings. The van der Waals surface area contributed by atoms with Crippen molar-refractivity contribution < 1.29 is 22.2 Å². The average molecular weight is 493 g/mol. The highest BCUT2D eigenvalue weighted by molar-refractivity contribution is 7.86. The van der Waals surface area contributed by atoms with Crippen LogP contribution in [0.15, 0.2) is 77.8 Å². The number of anilines is 1. The molecule has 4 rings (SSSR count). The highest BCUT2D eigenvalue weighted by Gasteiger charge is 2.49. The lowest BCUT2D eigenvalue weighted by atomic mass is 9.81. The standard InChI is InChI=1S/C25H24N4O5S/c1-16(30)27-21-9-5-7-18(15-21)17-6-4-8-20(14-17)25(23(31)29(2)24(26)28-25)19-10-12-22(13-11-19)34-35(3,32)33/h4-15H,1-3H3,(H2,26,28)(H,27,30). The molecule has 180 valence electrons. The van der Waals surface area contributed by atoms with Gasteiger partial charge in [0.25, 0.3) is 5.91 Å². The molecule has 35 heavy (non-hydrogen) atoms. The Balaban J connectivity index is 1.83. The first-order valence-corrected chi connectivity index (χ1v) is 12.4. The van der Waals surface area contributed by atoms with Crippen LogP contribution in [0.25, 0.3) is 11.1 Å². The van der Waals surface area contributed by atoms with Crippen LogP contribution in [0.4, 0.5) is 5.69 Å². The molecule has 0 saturated heterocycles. The van der Waals surface area contributed by atoms with Crippen LogP contribution < -0.4 is 15.2 Å². The summed E-state index contributed by atoms with van der Waals surface area (Å²) in [5.41, 5.74) is 7.96. The summed E-state index contributed by atoms with van der Waals surface area (Å²) >= 11 is 0. The third-order valence-corrected chi connectivity index (χ3v) is 6.05. The van der Waals surface area contributed by atoms with Gasteiger partial charge in [-0.05, 0) is 52.6 Å². The molecule has 0 bridgehead atoms. The minimum atomic E-state index is -3.70. The molecule has 1 unspecified atom stereocenters. The minimum Gasteiger partial charge on any atom is -0.383 e. The van der Waals surface area contributed by atoms with Gasteiger partial charge in [-0.3, -0.25) is 14.5 Å². The van der Waals surface area contributed by atoms with Crippen LogP contribution >= 0.6 is 0 Å². The van der Waals surface area contributed by atoms with Crippen molar-refractivity contribution in [2.75, 3.05) is 18.6 Å². The fraction of sp³-hybridized carbons (Fsp3) is 0.160. The number of benzene rings is 3. The van der Waals surface area contributed by atoms with Gasteiger partial charge in [-0.25, -0.2) is 4.99 Å². The Labute approximate surface area is 203 Å². The van der Waals surface area contributed by atoms with E-state index in [2.05, 4.69) is 10.3 Å². The summed E-state index contributed by atoms with van der Waals surface area (Å²) in [6, 6.07) is 20.8. The number of aliphatic imine (C=N–C) groups is 1. The Morgan fingerprint density at radius 3 is 2.20 bits per heavy atom. The molecular formula is C25H24N4O5S. The normalized spacial score (nSPS) is 17.7. The molecule has 0 saturated carbocycles. The number of hydrogen-bond donors (Lipinski definition) is 2. The first-order chi connectivity index (χ1) is 16.5. The monoisotopic (exact) mass is 492 g/mol. The van der Waals surface area contributed by atoms with Crippen LogP contribution in [0.2, 0.25) is 0 Å². The number of nitrogens with two attached hydrogens (primary N) is 1. The van der Waals surface area contributed by atoms with Gasteiger partial charge >= 0.3 is 10.1 Å². The van der Waals surface area contributed by atoms with E-state index in [1.165, 1.54) is 24.0 Å². The van der Waals surface area contributed by atoms with E-state index in [1.54, 1.807) is 31.3 Å². The van der Waals surface area contributed by atoms with Crippen molar-refractivity contribution in [2.45, 2.75) is 12.5 Å². The van der Waals surface area contributed by atoms with Gasteiger partial charge in [0.05, 0.1) is 6.26 Å². The first-order valence-electron chi connectivity index (χ1n) is 10.6. The molecule has 0 aliphatic carbocycles. The van der Waals surface area contributed by atoms with Crippen LogP contribution in [-0.2, 0) is 25.2 Å². The van der Waals surface area contributed by atoms with E-state index in [9.17, 15) is 18.0 Å². The quantitative estimate of drug-likeness (QED) is 0.509. The van der Waals surface area contributed by atoms with Crippen LogP contribution in [0.3, 0.4) is 0 Å². The molecular weight excluding hydrogens is 468 g/mol. The molecule has 0 aromatic heterocycles. The van der Waals surface area contributed by atoms with Gasteiger partial charge in [-0.1, -0.05) is 42.5 Å². The van der Waals surface area contributed by atoms with Crippen LogP contribution in [0.5, 0.6) is 5.75 Å². The summed E-state index contributed by atoms with van der Waals surface area (Å²) < 4.78 is 27.9. The molecule has 0 fully saturated rings. The highest BCUT2D eigenvalue weighted by Crippen LogP contribution is 2.41. The number of likely N-dealkylation sites (N-methyl/N-ethyl adjacent to an activating group) is 1. The van der Waals surface area contributed by atoms with Gasteiger partial charge < -0.3 is 15.2 Å². The summed E-state index contributed by atoms with van der Waals surface area (Å²) in [5, 5.41) is 2.77. The zero-order chi connectivity index (χ0) is 25.4. The largest absolute Gasteiger partial charge is 0.383 e. The summed E-state index contributed by atoms with van der Waals surface area (Å²) in [6.07, 6.45) is 0.954. The van der Waals surface area contributed by atoms with E-state index in [-0.39, 0.29) is 23.5 Å². The van der Waals surface area contributed by atoms with Gasteiger partial charge in [0.2, 0.25) is 5.91 Å². The molecule has 1 aliphatic heterocycles. The topological polar surface area (TPSA) is 131 Å². The van der Waals surface area contributed by atoms with E-state index >= 15 is 0 Å². The maximum atomic E-state index is 13.5. The molecule has 1 heterocycles. The van der Waals surface area contributed by atoms with Crippen LogP contribution in [0.1, 0.15) is 18.1 Å². The molecule has 1 atom stereocenters. The number of carbonyl (C=O) groups is 2. The van der Waals surface area contributed by atoms with Crippen molar-refractivity contribution in [2.24, 2.45) is 10.7 Å². The number of nitrogens with zero attached hydrogens (tertiary/aromatic N) is 2. The second-order valence-corrected chi connectivity index (χ2v) is 9.77. The van der Waals surface area contributed by atoms with Crippen LogP contribution in [-0.4, -0.2) is 44.4 Å². The van der Waals surface area contributed by atoms with E-state index in [0.717, 1.165) is 17.4 Å². The zero-order valence-electron chi connectivity index (χ0n) is 19.3. The van der Waals surface area contributed by atoms with Crippen LogP contribution in [0, 0.1) is 0 Å². The Hall–Kier alpha value is -4.18. The third-order valence-electron chi connectivity index (χ3n) is 5.56. The summed E-state index contributed by atoms with van der Waals surface area (Å²) in [4.78, 5) is 30.9. The van der Waals surface area contributed by atoms with Gasteiger partial charge in [-0.2, -0.15) is 8.42 Å². The number of carbonyl (C=O) groups excluding carboxylic acids is 2. The Morgan fingerprint density at radius 2 is 1.63 bits per heavy atom. The number of rotatable bonds is 6. The fourth-order valence-electron chi connectivity index (χ4n) is 4.01. The Morgan fingerprint density at radius 1 is 1.00 bits per heavy atom. The summed E-state index contributed by atoms with van der Waals surface area (Å²) in [6.45, 7) is 1.44. The van der Waals surface area contributed by atoms with Gasteiger partial charge in [0.15, 0.2) is 11.5 Å². The second-order valence-electron chi connectivity index (χ2n) is 8.20. The van der Waals surface area contributed by atoms with Crippen molar-refractivity contribution in [1.29, 1.82) is 0 Å². The van der Waals surface area contributed by atoms with Crippen molar-refractivity contribution in [3.63, 3.8) is 0 Å². The average Bonchev–Trinajstić information content (AvgIpc) is 3.03. The number of guanidine groups is 1. The molecule has 3 aromatic carbocycles. The van der Waals surface area contributed by atoms with Gasteiger partial charge in [0, 0.05) is 19.7 Å². The molecule has 10 heteroatoms. The SMILES string of the molecule is CC(=O)Nc1cccc(-c2cccc(C3(c4ccc(OS(C)(=O)=O)cc4)N=C(N)N(C)C3=O)c2)c1. The zero-order valence-corrected chi connectivity index (χ0v) is 20.2. The van der Waals surface area contributed by atoms with Crippen molar-refractivity contribution >= 4 is 33.6 Å². The van der Waals surface area contributed by atoms with E-state index in [1.807, 2.05) is 36.4 Å². The maximum absolute atomic E-state index is 13.5. The first kappa shape index (κ1) is 24.0. The predicted octanol–water partition coefficient (Wildman–Crippen LogP) is 2.68. The second kappa shape index (κ2) is 8.88. The van der Waals surface area contributed by atoms with Crippen molar-refractivity contribution in [3.05, 3.63) is 83.9 Å². The third kappa shape index (κ3) is 4.73. The van der Waals surface area contributed by atoms with Gasteiger partial charge in [0.1, 0.15) is 5.75 Å². The predicted molar refractivity (Wildman–Crippen MR) is 133 cm³/mol. The molecule has 0 radical (unpaired) electrons. The molecule has 9 nitrogen and oxygen atoms in total. The Bertz CT molecular complexity index is 1450. The van der Waals surface area contributed by atoms with Crippen molar-refractivity contribution in [3.8, 4) is 16.9 Å². The molecule has 2 amide bonds. The summed E-state index contributed by atoms with van der Waals surface area (Å²) in [5.74, 6) is -0.353. The lowest BCUT2D eigenvalue weighted by Gasteiger charge is -2.26. The van der Waals surface area contributed by atoms with E-state index < -0.39 is 15.7 Å². The molecule has 3 N–H and O–H groups in total. The number of amides is 2. The molecule has 0 spiro atoms. The summed E-state index contributed by atoms with van der Waals surface area (Å²) in [7, 11) is -2.15. The smallest absolute Gasteiger partial charge is 0.306 e. The van der Waals surface area contributed by atoms with Crippen molar-refractivity contribution in [1.82, 2.24) is 4.90 Å². The maximum Gasteiger partial charge on any atom is 0.306 e.